The number of aromatic nitrogens is 1. The summed E-state index contributed by atoms with van der Waals surface area (Å²) in [6.45, 7) is 4.77. The molecule has 4 rings (SSSR count). The molecule has 6 heteroatoms. The highest BCUT2D eigenvalue weighted by molar-refractivity contribution is 5.98. The summed E-state index contributed by atoms with van der Waals surface area (Å²) in [5.74, 6) is -0.392. The molecule has 1 fully saturated rings. The summed E-state index contributed by atoms with van der Waals surface area (Å²) >= 11 is 0. The molecule has 1 aromatic heterocycles. The van der Waals surface area contributed by atoms with Crippen molar-refractivity contribution in [3.8, 4) is 0 Å². The Morgan fingerprint density at radius 1 is 1.13 bits per heavy atom. The molecule has 0 aliphatic carbocycles. The standard InChI is InChI=1S/C25H28N4O2/c1-17-22(13-20-8-2-3-10-23(20)28-17)25(31)27-14-18-6-4-7-19(12-18)15-29-11-5-9-21(16-29)24(26)30/h2-4,6-8,10,12-13,21H,5,9,11,14-16H2,1H3,(H2,26,30)(H,27,31). The molecule has 1 saturated heterocycles. The van der Waals surface area contributed by atoms with E-state index in [1.807, 2.05) is 49.4 Å². The third-order valence-corrected chi connectivity index (χ3v) is 5.92. The SMILES string of the molecule is Cc1nc2ccccc2cc1C(=O)NCc1cccc(CN2CCCC(C(N)=O)C2)c1. The number of aryl methyl sites for hydroxylation is 1. The predicted octanol–water partition coefficient (Wildman–Crippen LogP) is 3.17. The number of carbonyl (C=O) groups is 2. The van der Waals surface area contributed by atoms with E-state index >= 15 is 0 Å². The molecule has 1 atom stereocenters. The number of amides is 2. The normalized spacial score (nSPS) is 16.9. The minimum Gasteiger partial charge on any atom is -0.369 e. The van der Waals surface area contributed by atoms with Crippen LogP contribution in [0.1, 0.15) is 40.0 Å². The summed E-state index contributed by atoms with van der Waals surface area (Å²) in [4.78, 5) is 31.1. The van der Waals surface area contributed by atoms with Crippen LogP contribution in [0.2, 0.25) is 0 Å². The molecule has 2 heterocycles. The summed E-state index contributed by atoms with van der Waals surface area (Å²) in [7, 11) is 0. The maximum absolute atomic E-state index is 12.8. The number of pyridine rings is 1. The average Bonchev–Trinajstić information content (AvgIpc) is 2.77. The Morgan fingerprint density at radius 2 is 1.94 bits per heavy atom. The van der Waals surface area contributed by atoms with Crippen LogP contribution in [0.3, 0.4) is 0 Å². The van der Waals surface area contributed by atoms with Crippen molar-refractivity contribution in [2.75, 3.05) is 13.1 Å². The number of likely N-dealkylation sites (tertiary alicyclic amines) is 1. The van der Waals surface area contributed by atoms with Gasteiger partial charge in [-0.15, -0.1) is 0 Å². The topological polar surface area (TPSA) is 88.3 Å². The van der Waals surface area contributed by atoms with Gasteiger partial charge in [-0.05, 0) is 49.6 Å². The third-order valence-electron chi connectivity index (χ3n) is 5.92. The lowest BCUT2D eigenvalue weighted by Gasteiger charge is -2.31. The molecule has 6 nitrogen and oxygen atoms in total. The minimum atomic E-state index is -0.209. The van der Waals surface area contributed by atoms with Gasteiger partial charge in [-0.25, -0.2) is 0 Å². The molecular formula is C25H28N4O2. The van der Waals surface area contributed by atoms with Crippen molar-refractivity contribution in [3.05, 3.63) is 77.0 Å². The second kappa shape index (κ2) is 9.27. The van der Waals surface area contributed by atoms with Gasteiger partial charge in [-0.1, -0.05) is 42.5 Å². The van der Waals surface area contributed by atoms with Crippen molar-refractivity contribution < 1.29 is 9.59 Å². The van der Waals surface area contributed by atoms with Gasteiger partial charge in [0.1, 0.15) is 0 Å². The van der Waals surface area contributed by atoms with E-state index < -0.39 is 0 Å². The van der Waals surface area contributed by atoms with Crippen LogP contribution in [0.15, 0.2) is 54.6 Å². The first-order valence-electron chi connectivity index (χ1n) is 10.7. The van der Waals surface area contributed by atoms with Crippen LogP contribution in [-0.4, -0.2) is 34.8 Å². The van der Waals surface area contributed by atoms with Gasteiger partial charge in [0, 0.05) is 25.0 Å². The summed E-state index contributed by atoms with van der Waals surface area (Å²) in [6, 6.07) is 17.9. The molecule has 2 aromatic carbocycles. The van der Waals surface area contributed by atoms with Gasteiger partial charge in [0.05, 0.1) is 22.7 Å². The second-order valence-electron chi connectivity index (χ2n) is 8.29. The van der Waals surface area contributed by atoms with Crippen LogP contribution in [0.5, 0.6) is 0 Å². The number of hydrogen-bond donors (Lipinski definition) is 2. The number of rotatable bonds is 6. The van der Waals surface area contributed by atoms with Crippen molar-refractivity contribution in [2.45, 2.75) is 32.9 Å². The number of fused-ring (bicyclic) bond motifs is 1. The van der Waals surface area contributed by atoms with E-state index in [1.165, 1.54) is 5.56 Å². The highest BCUT2D eigenvalue weighted by Gasteiger charge is 2.23. The van der Waals surface area contributed by atoms with Gasteiger partial charge in [0.25, 0.3) is 5.91 Å². The quantitative estimate of drug-likeness (QED) is 0.646. The number of carbonyl (C=O) groups excluding carboxylic acids is 2. The Kier molecular flexibility index (Phi) is 6.28. The molecule has 3 N–H and O–H groups in total. The fourth-order valence-electron chi connectivity index (χ4n) is 4.25. The Hall–Kier alpha value is -3.25. The van der Waals surface area contributed by atoms with Crippen LogP contribution in [0.4, 0.5) is 0 Å². The predicted molar refractivity (Wildman–Crippen MR) is 121 cm³/mol. The van der Waals surface area contributed by atoms with Crippen molar-refractivity contribution in [1.82, 2.24) is 15.2 Å². The smallest absolute Gasteiger partial charge is 0.253 e. The molecule has 0 saturated carbocycles. The maximum Gasteiger partial charge on any atom is 0.253 e. The van der Waals surface area contributed by atoms with E-state index in [0.29, 0.717) is 18.7 Å². The molecule has 0 radical (unpaired) electrons. The minimum absolute atomic E-state index is 0.0602. The Morgan fingerprint density at radius 3 is 2.77 bits per heavy atom. The van der Waals surface area contributed by atoms with Crippen LogP contribution in [0, 0.1) is 12.8 Å². The number of primary amides is 1. The maximum atomic E-state index is 12.8. The number of nitrogens with two attached hydrogens (primary N) is 1. The molecule has 1 aliphatic rings. The van der Waals surface area contributed by atoms with Gasteiger partial charge in [0.15, 0.2) is 0 Å². The fraction of sp³-hybridized carbons (Fsp3) is 0.320. The Bertz CT molecular complexity index is 1110. The van der Waals surface area contributed by atoms with Crippen LogP contribution < -0.4 is 11.1 Å². The highest BCUT2D eigenvalue weighted by Crippen LogP contribution is 2.19. The number of hydrogen-bond acceptors (Lipinski definition) is 4. The molecule has 0 bridgehead atoms. The van der Waals surface area contributed by atoms with Gasteiger partial charge < -0.3 is 11.1 Å². The number of nitrogens with zero attached hydrogens (tertiary/aromatic N) is 2. The number of para-hydroxylation sites is 1. The third kappa shape index (κ3) is 5.09. The number of benzene rings is 2. The van der Waals surface area contributed by atoms with Crippen molar-refractivity contribution in [1.29, 1.82) is 0 Å². The first kappa shape index (κ1) is 21.0. The van der Waals surface area contributed by atoms with Gasteiger partial charge in [-0.3, -0.25) is 19.5 Å². The lowest BCUT2D eigenvalue weighted by Crippen LogP contribution is -2.40. The summed E-state index contributed by atoms with van der Waals surface area (Å²) < 4.78 is 0. The van der Waals surface area contributed by atoms with Crippen LogP contribution in [-0.2, 0) is 17.9 Å². The first-order valence-corrected chi connectivity index (χ1v) is 10.7. The van der Waals surface area contributed by atoms with Gasteiger partial charge in [-0.2, -0.15) is 0 Å². The number of nitrogens with one attached hydrogen (secondary N) is 1. The van der Waals surface area contributed by atoms with E-state index in [2.05, 4.69) is 27.3 Å². The Balaban J connectivity index is 1.40. The zero-order chi connectivity index (χ0) is 21.8. The number of piperidine rings is 1. The largest absolute Gasteiger partial charge is 0.369 e. The van der Waals surface area contributed by atoms with E-state index in [1.54, 1.807) is 0 Å². The molecule has 31 heavy (non-hydrogen) atoms. The summed E-state index contributed by atoms with van der Waals surface area (Å²) in [5.41, 5.74) is 9.91. The molecule has 1 aliphatic heterocycles. The van der Waals surface area contributed by atoms with E-state index in [4.69, 9.17) is 5.73 Å². The zero-order valence-electron chi connectivity index (χ0n) is 17.8. The van der Waals surface area contributed by atoms with Crippen LogP contribution >= 0.6 is 0 Å². The van der Waals surface area contributed by atoms with Crippen LogP contribution in [0.25, 0.3) is 10.9 Å². The second-order valence-corrected chi connectivity index (χ2v) is 8.29. The monoisotopic (exact) mass is 416 g/mol. The Labute approximate surface area is 182 Å². The van der Waals surface area contributed by atoms with Gasteiger partial charge in [0.2, 0.25) is 5.91 Å². The summed E-state index contributed by atoms with van der Waals surface area (Å²) in [5, 5.41) is 3.97. The molecule has 160 valence electrons. The molecule has 1 unspecified atom stereocenters. The molecular weight excluding hydrogens is 388 g/mol. The summed E-state index contributed by atoms with van der Waals surface area (Å²) in [6.07, 6.45) is 1.86. The van der Waals surface area contributed by atoms with E-state index in [0.717, 1.165) is 48.1 Å². The molecule has 0 spiro atoms. The molecule has 2 amide bonds. The average molecular weight is 417 g/mol. The van der Waals surface area contributed by atoms with E-state index in [9.17, 15) is 9.59 Å². The van der Waals surface area contributed by atoms with Crippen molar-refractivity contribution in [2.24, 2.45) is 11.7 Å². The zero-order valence-corrected chi connectivity index (χ0v) is 17.8. The molecule has 3 aromatic rings. The van der Waals surface area contributed by atoms with E-state index in [-0.39, 0.29) is 17.7 Å². The van der Waals surface area contributed by atoms with Crippen molar-refractivity contribution in [3.63, 3.8) is 0 Å². The fourth-order valence-corrected chi connectivity index (χ4v) is 4.25. The lowest BCUT2D eigenvalue weighted by atomic mass is 9.97. The lowest BCUT2D eigenvalue weighted by molar-refractivity contribution is -0.123. The van der Waals surface area contributed by atoms with Crippen molar-refractivity contribution >= 4 is 22.7 Å². The first-order chi connectivity index (χ1) is 15.0. The highest BCUT2D eigenvalue weighted by atomic mass is 16.2. The van der Waals surface area contributed by atoms with Gasteiger partial charge >= 0.3 is 0 Å².